The monoisotopic (exact) mass is 237 g/mol. The second-order valence-corrected chi connectivity index (χ2v) is 3.89. The van der Waals surface area contributed by atoms with Crippen molar-refractivity contribution in [3.05, 3.63) is 23.8 Å². The lowest BCUT2D eigenvalue weighted by molar-refractivity contribution is 0.243. The molecule has 92 valence electrons. The molecule has 0 bridgehead atoms. The fourth-order valence-electron chi connectivity index (χ4n) is 1.63. The van der Waals surface area contributed by atoms with Gasteiger partial charge >= 0.3 is 0 Å². The van der Waals surface area contributed by atoms with Crippen molar-refractivity contribution in [3.8, 4) is 0 Å². The van der Waals surface area contributed by atoms with E-state index >= 15 is 0 Å². The van der Waals surface area contributed by atoms with Crippen molar-refractivity contribution in [2.75, 3.05) is 16.8 Å². The van der Waals surface area contributed by atoms with Gasteiger partial charge < -0.3 is 11.5 Å². The molecule has 1 heterocycles. The highest BCUT2D eigenvalue weighted by Crippen LogP contribution is 2.32. The van der Waals surface area contributed by atoms with Crippen LogP contribution in [0, 0.1) is 6.92 Å². The van der Waals surface area contributed by atoms with E-state index in [1.165, 1.54) is 0 Å². The Balaban J connectivity index is 2.46. The minimum atomic E-state index is -0.650. The number of hydroxylamine groups is 1. The molecule has 17 heavy (non-hydrogen) atoms. The number of benzene rings is 1. The molecule has 1 aliphatic heterocycles. The van der Waals surface area contributed by atoms with E-state index in [0.29, 0.717) is 16.5 Å². The number of fused-ring (bicyclic) bond motifs is 1. The molecule has 0 fully saturated rings. The zero-order valence-electron chi connectivity index (χ0n) is 9.41. The maximum atomic E-state index is 9.99. The first kappa shape index (κ1) is 11.8. The molecule has 7 heteroatoms. The van der Waals surface area contributed by atoms with Gasteiger partial charge in [-0.25, -0.2) is 5.06 Å². The summed E-state index contributed by atoms with van der Waals surface area (Å²) in [7, 11) is 0. The van der Waals surface area contributed by atoms with Crippen molar-refractivity contribution < 1.29 is 10.4 Å². The second-order valence-electron chi connectivity index (χ2n) is 3.89. The summed E-state index contributed by atoms with van der Waals surface area (Å²) in [6.45, 7) is 2.00. The predicted octanol–water partition coefficient (Wildman–Crippen LogP) is -0.000680. The summed E-state index contributed by atoms with van der Waals surface area (Å²) < 4.78 is 0. The maximum absolute atomic E-state index is 9.99. The first-order chi connectivity index (χ1) is 8.04. The first-order valence-electron chi connectivity index (χ1n) is 5.17. The van der Waals surface area contributed by atoms with Crippen molar-refractivity contribution in [2.45, 2.75) is 13.0 Å². The van der Waals surface area contributed by atoms with Crippen molar-refractivity contribution in [1.29, 1.82) is 0 Å². The van der Waals surface area contributed by atoms with Crippen LogP contribution in [0.5, 0.6) is 0 Å². The number of hydrogen-bond acceptors (Lipinski definition) is 7. The molecular weight excluding hydrogens is 222 g/mol. The number of aryl methyl sites for hydroxylation is 1. The van der Waals surface area contributed by atoms with E-state index in [2.05, 4.69) is 5.10 Å². The molecule has 0 amide bonds. The molecule has 0 aliphatic carbocycles. The molecule has 2 rings (SSSR count). The normalized spacial score (nSPS) is 16.6. The van der Waals surface area contributed by atoms with Crippen LogP contribution in [0.3, 0.4) is 0 Å². The lowest BCUT2D eigenvalue weighted by Crippen LogP contribution is -2.49. The van der Waals surface area contributed by atoms with Gasteiger partial charge in [-0.05, 0) is 24.6 Å². The second kappa shape index (κ2) is 4.30. The van der Waals surface area contributed by atoms with Crippen LogP contribution in [-0.2, 0) is 0 Å². The summed E-state index contributed by atoms with van der Waals surface area (Å²) in [5.41, 5.74) is 12.9. The number of amidine groups is 1. The Labute approximate surface area is 98.4 Å². The van der Waals surface area contributed by atoms with Crippen LogP contribution in [0.2, 0.25) is 0 Å². The van der Waals surface area contributed by atoms with Crippen LogP contribution < -0.4 is 21.7 Å². The molecule has 0 aromatic heterocycles. The molecule has 1 unspecified atom stereocenters. The minimum Gasteiger partial charge on any atom is -0.328 e. The SMILES string of the molecule is Cc1ccc2c(c1)N(O)C(C(N)CN)=NN2O. The molecule has 1 atom stereocenters. The quantitative estimate of drug-likeness (QED) is 0.576. The largest absolute Gasteiger partial charge is 0.328 e. The summed E-state index contributed by atoms with van der Waals surface area (Å²) in [6, 6.07) is 4.53. The smallest absolute Gasteiger partial charge is 0.175 e. The van der Waals surface area contributed by atoms with Crippen molar-refractivity contribution in [3.63, 3.8) is 0 Å². The number of hydrogen-bond donors (Lipinski definition) is 4. The molecule has 6 N–H and O–H groups in total. The van der Waals surface area contributed by atoms with Gasteiger partial charge in [-0.15, -0.1) is 10.3 Å². The average Bonchev–Trinajstić information content (AvgIpc) is 2.32. The Hall–Kier alpha value is -1.67. The van der Waals surface area contributed by atoms with E-state index in [4.69, 9.17) is 11.5 Å². The average molecular weight is 237 g/mol. The van der Waals surface area contributed by atoms with Crippen LogP contribution in [0.15, 0.2) is 23.3 Å². The van der Waals surface area contributed by atoms with E-state index in [-0.39, 0.29) is 12.4 Å². The van der Waals surface area contributed by atoms with Gasteiger partial charge in [0.25, 0.3) is 0 Å². The maximum Gasteiger partial charge on any atom is 0.175 e. The van der Waals surface area contributed by atoms with Crippen LogP contribution in [0.25, 0.3) is 0 Å². The van der Waals surface area contributed by atoms with E-state index < -0.39 is 6.04 Å². The number of nitrogens with zero attached hydrogens (tertiary/aromatic N) is 3. The fourth-order valence-corrected chi connectivity index (χ4v) is 1.63. The summed E-state index contributed by atoms with van der Waals surface area (Å²) >= 11 is 0. The predicted molar refractivity (Wildman–Crippen MR) is 64.2 cm³/mol. The Kier molecular flexibility index (Phi) is 2.99. The van der Waals surface area contributed by atoms with Gasteiger partial charge in [0.15, 0.2) is 5.84 Å². The van der Waals surface area contributed by atoms with Crippen LogP contribution in [0.4, 0.5) is 11.4 Å². The number of nitrogens with two attached hydrogens (primary N) is 2. The highest BCUT2D eigenvalue weighted by Gasteiger charge is 2.27. The third-order valence-electron chi connectivity index (χ3n) is 2.57. The summed E-state index contributed by atoms with van der Waals surface area (Å²) in [5.74, 6) is 0.105. The summed E-state index contributed by atoms with van der Waals surface area (Å²) in [4.78, 5) is 0. The van der Waals surface area contributed by atoms with E-state index in [1.807, 2.05) is 6.92 Å². The molecule has 0 radical (unpaired) electrons. The van der Waals surface area contributed by atoms with E-state index in [1.54, 1.807) is 18.2 Å². The van der Waals surface area contributed by atoms with E-state index in [9.17, 15) is 10.4 Å². The zero-order valence-corrected chi connectivity index (χ0v) is 9.41. The highest BCUT2D eigenvalue weighted by atomic mass is 16.5. The third kappa shape index (κ3) is 1.96. The van der Waals surface area contributed by atoms with Crippen molar-refractivity contribution in [2.24, 2.45) is 16.6 Å². The molecule has 1 aliphatic rings. The standard InChI is InChI=1S/C10H15N5O2/c1-6-2-3-8-9(4-6)14(16)10(7(12)5-11)13-15(8)17/h2-4,7,16-17H,5,11-12H2,1H3. The van der Waals surface area contributed by atoms with Gasteiger partial charge in [-0.2, -0.15) is 0 Å². The lowest BCUT2D eigenvalue weighted by Gasteiger charge is -2.31. The molecule has 1 aromatic carbocycles. The van der Waals surface area contributed by atoms with E-state index in [0.717, 1.165) is 10.6 Å². The summed E-state index contributed by atoms with van der Waals surface area (Å²) in [6.07, 6.45) is 0. The van der Waals surface area contributed by atoms with Crippen LogP contribution >= 0.6 is 0 Å². The first-order valence-corrected chi connectivity index (χ1v) is 5.17. The number of anilines is 2. The topological polar surface area (TPSA) is 111 Å². The number of hydrazone groups is 1. The Morgan fingerprint density at radius 1 is 1.35 bits per heavy atom. The van der Waals surface area contributed by atoms with Gasteiger partial charge in [-0.1, -0.05) is 6.07 Å². The Bertz CT molecular complexity index is 462. The highest BCUT2D eigenvalue weighted by molar-refractivity contribution is 6.04. The Morgan fingerprint density at radius 3 is 2.71 bits per heavy atom. The third-order valence-corrected chi connectivity index (χ3v) is 2.57. The zero-order chi connectivity index (χ0) is 12.6. The van der Waals surface area contributed by atoms with Crippen molar-refractivity contribution in [1.82, 2.24) is 0 Å². The molecule has 0 saturated heterocycles. The molecular formula is C10H15N5O2. The Morgan fingerprint density at radius 2 is 2.06 bits per heavy atom. The molecule has 7 nitrogen and oxygen atoms in total. The lowest BCUT2D eigenvalue weighted by atomic mass is 10.1. The minimum absolute atomic E-state index is 0.105. The van der Waals surface area contributed by atoms with Gasteiger partial charge in [0.2, 0.25) is 0 Å². The fraction of sp³-hybridized carbons (Fsp3) is 0.300. The molecule has 1 aromatic rings. The van der Waals surface area contributed by atoms with Crippen LogP contribution in [0.1, 0.15) is 5.56 Å². The van der Waals surface area contributed by atoms with Crippen molar-refractivity contribution >= 4 is 17.2 Å². The molecule has 0 saturated carbocycles. The molecule has 0 spiro atoms. The van der Waals surface area contributed by atoms with Gasteiger partial charge in [0.05, 0.1) is 11.7 Å². The van der Waals surface area contributed by atoms with Gasteiger partial charge in [0.1, 0.15) is 5.69 Å². The van der Waals surface area contributed by atoms with Crippen LogP contribution in [-0.4, -0.2) is 28.8 Å². The number of rotatable bonds is 2. The van der Waals surface area contributed by atoms with Gasteiger partial charge in [0, 0.05) is 6.54 Å². The van der Waals surface area contributed by atoms with Gasteiger partial charge in [-0.3, -0.25) is 10.4 Å². The summed E-state index contributed by atoms with van der Waals surface area (Å²) in [5, 5.41) is 25.0.